The summed E-state index contributed by atoms with van der Waals surface area (Å²) in [6.45, 7) is 6.75. The molecule has 0 aromatic heterocycles. The number of rotatable bonds is 12. The number of anilines is 2. The van der Waals surface area contributed by atoms with Crippen LogP contribution < -0.4 is 4.90 Å². The molecule has 0 amide bonds. The number of hydrogen-bond acceptors (Lipinski definition) is 8. The molecule has 6 rings (SSSR count). The maximum Gasteiger partial charge on any atom is 0.328 e. The molecule has 0 atom stereocenters. The van der Waals surface area contributed by atoms with E-state index in [1.54, 1.807) is 0 Å². The van der Waals surface area contributed by atoms with E-state index in [0.29, 0.717) is 30.3 Å². The third-order valence-electron chi connectivity index (χ3n) is 8.38. The summed E-state index contributed by atoms with van der Waals surface area (Å²) in [5.74, 6) is -5.03. The van der Waals surface area contributed by atoms with Crippen molar-refractivity contribution >= 4 is 47.0 Å². The van der Waals surface area contributed by atoms with Gasteiger partial charge in [-0.1, -0.05) is 96.7 Å². The number of carboxylic acids is 4. The van der Waals surface area contributed by atoms with Crippen LogP contribution in [0.2, 0.25) is 0 Å². The van der Waals surface area contributed by atoms with Gasteiger partial charge >= 0.3 is 23.9 Å². The van der Waals surface area contributed by atoms with Crippen LogP contribution in [0.3, 0.4) is 0 Å². The molecule has 0 spiro atoms. The first-order chi connectivity index (χ1) is 25.6. The van der Waals surface area contributed by atoms with E-state index >= 15 is 0 Å². The Balaban J connectivity index is 0.000000329. The zero-order valence-corrected chi connectivity index (χ0v) is 29.9. The van der Waals surface area contributed by atoms with Gasteiger partial charge in [0.15, 0.2) is 0 Å². The topological polar surface area (TPSA) is 159 Å². The van der Waals surface area contributed by atoms with E-state index in [2.05, 4.69) is 124 Å². The monoisotopic (exact) mass is 737 g/mol. The van der Waals surface area contributed by atoms with E-state index in [4.69, 9.17) is 20.4 Å². The van der Waals surface area contributed by atoms with Gasteiger partial charge in [0.25, 0.3) is 0 Å². The third-order valence-corrected chi connectivity index (χ3v) is 9.51. The van der Waals surface area contributed by atoms with E-state index in [9.17, 15) is 19.2 Å². The van der Waals surface area contributed by atoms with E-state index in [0.717, 1.165) is 32.7 Å². The van der Waals surface area contributed by atoms with Gasteiger partial charge in [0, 0.05) is 66.8 Å². The van der Waals surface area contributed by atoms with Crippen molar-refractivity contribution in [3.63, 3.8) is 0 Å². The summed E-state index contributed by atoms with van der Waals surface area (Å²) in [5.41, 5.74) is 5.49. The Labute approximate surface area is 313 Å². The number of carboxylic acid groups (broad SMARTS) is 4. The van der Waals surface area contributed by atoms with Crippen molar-refractivity contribution in [2.45, 2.75) is 28.7 Å². The van der Waals surface area contributed by atoms with E-state index in [1.165, 1.54) is 51.7 Å². The molecule has 0 saturated carbocycles. The Morgan fingerprint density at radius 1 is 0.528 bits per heavy atom. The number of nitrogens with zero attached hydrogens (tertiary/aromatic N) is 3. The average Bonchev–Trinajstić information content (AvgIpc) is 3.16. The molecule has 0 aliphatic carbocycles. The Kier molecular flexibility index (Phi) is 15.9. The van der Waals surface area contributed by atoms with Gasteiger partial charge in [-0.2, -0.15) is 0 Å². The number of para-hydroxylation sites is 2. The van der Waals surface area contributed by atoms with Crippen LogP contribution in [-0.2, 0) is 19.2 Å². The number of hydrogen-bond donors (Lipinski definition) is 4. The van der Waals surface area contributed by atoms with Crippen LogP contribution in [0, 0.1) is 0 Å². The van der Waals surface area contributed by atoms with Gasteiger partial charge < -0.3 is 30.2 Å². The van der Waals surface area contributed by atoms with Gasteiger partial charge in [-0.25, -0.2) is 19.2 Å². The van der Waals surface area contributed by atoms with Crippen LogP contribution in [0.25, 0.3) is 0 Å². The fourth-order valence-corrected chi connectivity index (χ4v) is 7.14. The highest BCUT2D eigenvalue weighted by Gasteiger charge is 2.26. The van der Waals surface area contributed by atoms with Crippen LogP contribution in [0.4, 0.5) is 11.4 Å². The van der Waals surface area contributed by atoms with Crippen LogP contribution in [0.15, 0.2) is 143 Å². The lowest BCUT2D eigenvalue weighted by Crippen LogP contribution is -2.48. The van der Waals surface area contributed by atoms with Crippen molar-refractivity contribution in [2.75, 3.05) is 44.2 Å². The molecule has 0 bridgehead atoms. The lowest BCUT2D eigenvalue weighted by Gasteiger charge is -2.40. The number of benzene rings is 4. The van der Waals surface area contributed by atoms with Gasteiger partial charge in [-0.05, 0) is 54.8 Å². The molecular weight excluding hydrogens is 695 g/mol. The lowest BCUT2D eigenvalue weighted by atomic mass is 9.96. The van der Waals surface area contributed by atoms with Crippen molar-refractivity contribution in [1.82, 2.24) is 9.80 Å². The van der Waals surface area contributed by atoms with Gasteiger partial charge in [-0.15, -0.1) is 0 Å². The number of fused-ring (bicyclic) bond motifs is 2. The van der Waals surface area contributed by atoms with E-state index in [-0.39, 0.29) is 0 Å². The minimum absolute atomic E-state index is 0.335. The first-order valence-corrected chi connectivity index (χ1v) is 17.9. The molecule has 4 aromatic rings. The lowest BCUT2D eigenvalue weighted by molar-refractivity contribution is -0.134. The Morgan fingerprint density at radius 2 is 0.906 bits per heavy atom. The van der Waals surface area contributed by atoms with Crippen LogP contribution in [0.5, 0.6) is 0 Å². The summed E-state index contributed by atoms with van der Waals surface area (Å²) >= 11 is 1.89. The first kappa shape index (κ1) is 40.1. The highest BCUT2D eigenvalue weighted by atomic mass is 32.2. The van der Waals surface area contributed by atoms with Gasteiger partial charge in [-0.3, -0.25) is 4.90 Å². The summed E-state index contributed by atoms with van der Waals surface area (Å²) in [6.07, 6.45) is 4.66. The second-order valence-corrected chi connectivity index (χ2v) is 13.1. The normalized spacial score (nSPS) is 14.0. The molecule has 4 aromatic carbocycles. The van der Waals surface area contributed by atoms with E-state index in [1.807, 2.05) is 11.8 Å². The summed E-state index contributed by atoms with van der Waals surface area (Å²) in [7, 11) is 0. The molecule has 2 aliphatic heterocycles. The predicted octanol–water partition coefficient (Wildman–Crippen LogP) is 6.90. The van der Waals surface area contributed by atoms with Crippen LogP contribution in [0.1, 0.15) is 30.0 Å². The van der Waals surface area contributed by atoms with Crippen molar-refractivity contribution in [3.05, 3.63) is 145 Å². The summed E-state index contributed by atoms with van der Waals surface area (Å²) < 4.78 is 0. The van der Waals surface area contributed by atoms with Crippen molar-refractivity contribution in [2.24, 2.45) is 0 Å². The number of unbranched alkanes of at least 4 members (excludes halogenated alkanes) is 1. The summed E-state index contributed by atoms with van der Waals surface area (Å²) in [6, 6.07) is 40.0. The van der Waals surface area contributed by atoms with Gasteiger partial charge in [0.05, 0.1) is 17.4 Å². The molecule has 0 radical (unpaired) electrons. The number of carbonyl (C=O) groups is 4. The molecule has 4 N–H and O–H groups in total. The molecule has 12 heteroatoms. The SMILES string of the molecule is O=C(O)/C=C\C(=O)O.O=C(O)/C=C\C(=O)O.c1ccc(C(c2ccccc2)N2CCN(CCCCN3c4ccccc4Sc4ccccc43)CC2)cc1. The molecular formula is C41H43N3O8S. The highest BCUT2D eigenvalue weighted by Crippen LogP contribution is 2.47. The zero-order valence-electron chi connectivity index (χ0n) is 29.1. The average molecular weight is 738 g/mol. The quantitative estimate of drug-likeness (QED) is 0.0882. The summed E-state index contributed by atoms with van der Waals surface area (Å²) in [5, 5.41) is 31.2. The fourth-order valence-electron chi connectivity index (χ4n) is 6.04. The largest absolute Gasteiger partial charge is 0.478 e. The molecule has 2 aliphatic rings. The first-order valence-electron chi connectivity index (χ1n) is 17.1. The van der Waals surface area contributed by atoms with Crippen molar-refractivity contribution in [3.8, 4) is 0 Å². The van der Waals surface area contributed by atoms with E-state index < -0.39 is 23.9 Å². The molecule has 11 nitrogen and oxygen atoms in total. The molecule has 276 valence electrons. The minimum atomic E-state index is -1.26. The molecule has 1 fully saturated rings. The van der Waals surface area contributed by atoms with Crippen LogP contribution in [-0.4, -0.2) is 93.4 Å². The zero-order chi connectivity index (χ0) is 38.0. The Bertz CT molecular complexity index is 1710. The number of aliphatic carboxylic acids is 4. The number of piperazine rings is 1. The molecule has 53 heavy (non-hydrogen) atoms. The molecule has 0 unspecified atom stereocenters. The molecule has 2 heterocycles. The maximum absolute atomic E-state index is 9.55. The smallest absolute Gasteiger partial charge is 0.328 e. The predicted molar refractivity (Wildman–Crippen MR) is 205 cm³/mol. The Morgan fingerprint density at radius 3 is 1.32 bits per heavy atom. The Hall–Kier alpha value is -5.69. The maximum atomic E-state index is 9.55. The van der Waals surface area contributed by atoms with Gasteiger partial charge in [0.2, 0.25) is 0 Å². The third kappa shape index (κ3) is 13.1. The highest BCUT2D eigenvalue weighted by molar-refractivity contribution is 7.99. The minimum Gasteiger partial charge on any atom is -0.478 e. The standard InChI is InChI=1S/C33H35N3S.2C4H4O4/c1-3-13-27(14-4-1)33(28-15-5-2-6-16-28)35-25-23-34(24-26-35)21-11-12-22-36-29-17-7-9-19-31(29)37-32-20-10-8-18-30(32)36;2*5-3(6)1-2-4(7)8/h1-10,13-20,33H,11-12,21-26H2;2*1-2H,(H,5,6)(H,7,8)/b;2*2-1-. The molecule has 1 saturated heterocycles. The second-order valence-electron chi connectivity index (χ2n) is 12.0. The van der Waals surface area contributed by atoms with Crippen molar-refractivity contribution in [1.29, 1.82) is 0 Å². The van der Waals surface area contributed by atoms with Crippen LogP contribution >= 0.6 is 11.8 Å². The summed E-state index contributed by atoms with van der Waals surface area (Å²) in [4.78, 5) is 48.8. The fraction of sp³-hybridized carbons (Fsp3) is 0.220. The second kappa shape index (κ2) is 21.0. The van der Waals surface area contributed by atoms with Gasteiger partial charge in [0.1, 0.15) is 0 Å². The van der Waals surface area contributed by atoms with Crippen molar-refractivity contribution < 1.29 is 39.6 Å².